The van der Waals surface area contributed by atoms with Gasteiger partial charge < -0.3 is 4.74 Å². The molecule has 0 spiro atoms. The van der Waals surface area contributed by atoms with Gasteiger partial charge in [-0.05, 0) is 6.07 Å². The highest BCUT2D eigenvalue weighted by Crippen LogP contribution is 2.38. The van der Waals surface area contributed by atoms with E-state index >= 15 is 0 Å². The van der Waals surface area contributed by atoms with E-state index in [4.69, 9.17) is 9.57 Å². The SMILES string of the molecule is C=CCOC(=O)CON1C(=O)N2CC1c1ccccc1N2. The van der Waals surface area contributed by atoms with Crippen molar-refractivity contribution in [3.63, 3.8) is 0 Å². The van der Waals surface area contributed by atoms with E-state index in [2.05, 4.69) is 12.0 Å². The fourth-order valence-corrected chi connectivity index (χ4v) is 2.39. The number of hydrogen-bond acceptors (Lipinski definition) is 5. The Hall–Kier alpha value is -2.54. The summed E-state index contributed by atoms with van der Waals surface area (Å²) in [5.41, 5.74) is 4.84. The maximum Gasteiger partial charge on any atom is 0.363 e. The fourth-order valence-electron chi connectivity index (χ4n) is 2.39. The van der Waals surface area contributed by atoms with Crippen molar-refractivity contribution in [2.75, 3.05) is 25.2 Å². The summed E-state index contributed by atoms with van der Waals surface area (Å²) in [4.78, 5) is 29.0. The van der Waals surface area contributed by atoms with Crippen molar-refractivity contribution in [3.05, 3.63) is 42.5 Å². The monoisotopic (exact) mass is 289 g/mol. The zero-order valence-electron chi connectivity index (χ0n) is 11.3. The minimum atomic E-state index is -0.541. The summed E-state index contributed by atoms with van der Waals surface area (Å²) >= 11 is 0. The van der Waals surface area contributed by atoms with Crippen LogP contribution in [0.15, 0.2) is 36.9 Å². The molecule has 1 aromatic carbocycles. The van der Waals surface area contributed by atoms with E-state index in [0.29, 0.717) is 6.54 Å². The second-order valence-corrected chi connectivity index (χ2v) is 4.68. The molecule has 1 aromatic rings. The quantitative estimate of drug-likeness (QED) is 0.656. The molecular weight excluding hydrogens is 274 g/mol. The van der Waals surface area contributed by atoms with Gasteiger partial charge in [-0.25, -0.2) is 14.6 Å². The summed E-state index contributed by atoms with van der Waals surface area (Å²) in [7, 11) is 0. The molecule has 1 atom stereocenters. The summed E-state index contributed by atoms with van der Waals surface area (Å²) in [5, 5.41) is 2.68. The third-order valence-electron chi connectivity index (χ3n) is 3.32. The third kappa shape index (κ3) is 2.43. The number of hydrogen-bond donors (Lipinski definition) is 1. The Kier molecular flexibility index (Phi) is 3.49. The van der Waals surface area contributed by atoms with Crippen LogP contribution in [0.3, 0.4) is 0 Å². The molecule has 3 rings (SSSR count). The van der Waals surface area contributed by atoms with Crippen LogP contribution in [-0.2, 0) is 14.4 Å². The number of benzene rings is 1. The highest BCUT2D eigenvalue weighted by molar-refractivity contribution is 5.81. The van der Waals surface area contributed by atoms with Crippen molar-refractivity contribution in [2.45, 2.75) is 6.04 Å². The molecule has 7 nitrogen and oxygen atoms in total. The number of nitrogens with one attached hydrogen (secondary N) is 1. The Morgan fingerprint density at radius 1 is 1.48 bits per heavy atom. The molecule has 21 heavy (non-hydrogen) atoms. The molecule has 0 aliphatic carbocycles. The first-order valence-corrected chi connectivity index (χ1v) is 6.56. The molecule has 0 aromatic heterocycles. The van der Waals surface area contributed by atoms with E-state index in [9.17, 15) is 9.59 Å². The van der Waals surface area contributed by atoms with Gasteiger partial charge in [0, 0.05) is 5.56 Å². The number of carbonyl (C=O) groups excluding carboxylic acids is 2. The fraction of sp³-hybridized carbons (Fsp3) is 0.286. The maximum absolute atomic E-state index is 12.2. The Bertz CT molecular complexity index is 589. The predicted octanol–water partition coefficient (Wildman–Crippen LogP) is 1.47. The number of urea groups is 1. The van der Waals surface area contributed by atoms with Crippen LogP contribution in [0.1, 0.15) is 11.6 Å². The lowest BCUT2D eigenvalue weighted by molar-refractivity contribution is -0.172. The van der Waals surface area contributed by atoms with Gasteiger partial charge >= 0.3 is 12.0 Å². The highest BCUT2D eigenvalue weighted by Gasteiger charge is 2.44. The van der Waals surface area contributed by atoms with Gasteiger partial charge in [0.1, 0.15) is 12.6 Å². The van der Waals surface area contributed by atoms with E-state index in [0.717, 1.165) is 11.3 Å². The van der Waals surface area contributed by atoms with Gasteiger partial charge in [-0.3, -0.25) is 10.3 Å². The highest BCUT2D eigenvalue weighted by atomic mass is 16.7. The summed E-state index contributed by atoms with van der Waals surface area (Å²) in [6.07, 6.45) is 1.47. The number of carbonyl (C=O) groups is 2. The van der Waals surface area contributed by atoms with Crippen molar-refractivity contribution >= 4 is 17.7 Å². The molecule has 0 radical (unpaired) electrons. The predicted molar refractivity (Wildman–Crippen MR) is 73.9 cm³/mol. The summed E-state index contributed by atoms with van der Waals surface area (Å²) < 4.78 is 4.82. The summed E-state index contributed by atoms with van der Waals surface area (Å²) in [6, 6.07) is 7.05. The Morgan fingerprint density at radius 2 is 2.29 bits per heavy atom. The molecule has 2 bridgehead atoms. The van der Waals surface area contributed by atoms with Gasteiger partial charge in [0.25, 0.3) is 0 Å². The Morgan fingerprint density at radius 3 is 3.10 bits per heavy atom. The third-order valence-corrected chi connectivity index (χ3v) is 3.32. The molecule has 110 valence electrons. The number of hydrazine groups is 1. The van der Waals surface area contributed by atoms with Crippen LogP contribution in [-0.4, -0.2) is 41.8 Å². The smallest absolute Gasteiger partial charge is 0.363 e. The van der Waals surface area contributed by atoms with Crippen molar-refractivity contribution < 1.29 is 19.2 Å². The van der Waals surface area contributed by atoms with Crippen LogP contribution in [0.4, 0.5) is 10.5 Å². The largest absolute Gasteiger partial charge is 0.460 e. The maximum atomic E-state index is 12.2. The molecule has 2 amide bonds. The van der Waals surface area contributed by atoms with E-state index in [-0.39, 0.29) is 25.3 Å². The lowest BCUT2D eigenvalue weighted by Gasteiger charge is -2.25. The number of anilines is 1. The number of hydroxylamine groups is 2. The van der Waals surface area contributed by atoms with Crippen LogP contribution in [0.25, 0.3) is 0 Å². The van der Waals surface area contributed by atoms with E-state index in [1.54, 1.807) is 0 Å². The number of rotatable bonds is 5. The Labute approximate surface area is 121 Å². The lowest BCUT2D eigenvalue weighted by Crippen LogP contribution is -2.35. The molecule has 2 aliphatic rings. The number of esters is 1. The topological polar surface area (TPSA) is 71.1 Å². The second-order valence-electron chi connectivity index (χ2n) is 4.68. The molecule has 0 saturated carbocycles. The first kappa shape index (κ1) is 13.4. The van der Waals surface area contributed by atoms with Crippen molar-refractivity contribution in [1.29, 1.82) is 0 Å². The molecule has 2 aliphatic heterocycles. The Balaban J connectivity index is 1.70. The van der Waals surface area contributed by atoms with Crippen LogP contribution >= 0.6 is 0 Å². The number of para-hydroxylation sites is 1. The van der Waals surface area contributed by atoms with Gasteiger partial charge in [-0.2, -0.15) is 5.06 Å². The van der Waals surface area contributed by atoms with Gasteiger partial charge in [-0.15, -0.1) is 0 Å². The number of amides is 2. The molecule has 1 saturated heterocycles. The lowest BCUT2D eigenvalue weighted by atomic mass is 10.0. The van der Waals surface area contributed by atoms with Gasteiger partial charge in [0.05, 0.1) is 12.2 Å². The van der Waals surface area contributed by atoms with E-state index < -0.39 is 5.97 Å². The minimum absolute atomic E-state index is 0.121. The van der Waals surface area contributed by atoms with E-state index in [1.165, 1.54) is 16.1 Å². The molecule has 1 unspecified atom stereocenters. The average molecular weight is 289 g/mol. The van der Waals surface area contributed by atoms with Gasteiger partial charge in [0.15, 0.2) is 6.61 Å². The van der Waals surface area contributed by atoms with Crippen LogP contribution < -0.4 is 5.43 Å². The first-order valence-electron chi connectivity index (χ1n) is 6.56. The van der Waals surface area contributed by atoms with E-state index in [1.807, 2.05) is 24.3 Å². The van der Waals surface area contributed by atoms with Crippen molar-refractivity contribution in [2.24, 2.45) is 0 Å². The molecule has 1 fully saturated rings. The van der Waals surface area contributed by atoms with Crippen molar-refractivity contribution in [3.8, 4) is 0 Å². The second kappa shape index (κ2) is 5.45. The number of fused-ring (bicyclic) bond motifs is 4. The zero-order valence-corrected chi connectivity index (χ0v) is 11.3. The van der Waals surface area contributed by atoms with Crippen LogP contribution in [0.2, 0.25) is 0 Å². The molecule has 2 heterocycles. The van der Waals surface area contributed by atoms with Crippen LogP contribution in [0, 0.1) is 0 Å². The first-order chi connectivity index (χ1) is 10.2. The molecule has 7 heteroatoms. The zero-order chi connectivity index (χ0) is 14.8. The summed E-state index contributed by atoms with van der Waals surface area (Å²) in [6.45, 7) is 3.73. The van der Waals surface area contributed by atoms with Gasteiger partial charge in [-0.1, -0.05) is 30.9 Å². The van der Waals surface area contributed by atoms with Gasteiger partial charge in [0.2, 0.25) is 0 Å². The molecule has 1 N–H and O–H groups in total. The number of ether oxygens (including phenoxy) is 1. The average Bonchev–Trinajstić information content (AvgIpc) is 2.76. The number of nitrogens with zero attached hydrogens (tertiary/aromatic N) is 2. The summed E-state index contributed by atoms with van der Waals surface area (Å²) in [5.74, 6) is -0.541. The normalized spacial score (nSPS) is 19.0. The molecular formula is C14H15N3O4. The van der Waals surface area contributed by atoms with Crippen LogP contribution in [0.5, 0.6) is 0 Å². The van der Waals surface area contributed by atoms with Crippen molar-refractivity contribution in [1.82, 2.24) is 10.1 Å². The minimum Gasteiger partial charge on any atom is -0.460 e. The standard InChI is InChI=1S/C14H15N3O4/c1-2-7-20-13(18)9-21-17-12-8-16(14(17)19)15-11-6-4-3-5-10(11)12/h2-6,12,15H,1,7-9H2.